The molecule has 0 saturated carbocycles. The van der Waals surface area contributed by atoms with Gasteiger partial charge in [-0.05, 0) is 7.05 Å². The predicted molar refractivity (Wildman–Crippen MR) is 37.0 cm³/mol. The molecule has 0 unspecified atom stereocenters. The molecular weight excluding hydrogens is 175 g/mol. The van der Waals surface area contributed by atoms with Crippen molar-refractivity contribution in [3.05, 3.63) is 0 Å². The zero-order valence-corrected chi connectivity index (χ0v) is 6.47. The predicted octanol–water partition coefficient (Wildman–Crippen LogP) is 0.227. The van der Waals surface area contributed by atoms with Gasteiger partial charge in [-0.15, -0.1) is 0 Å². The summed E-state index contributed by atoms with van der Waals surface area (Å²) in [4.78, 5) is 0.898. The molecule has 0 aliphatic rings. The molecule has 0 aliphatic heterocycles. The van der Waals surface area contributed by atoms with Gasteiger partial charge in [0.2, 0.25) is 0 Å². The second kappa shape index (κ2) is 4.15. The van der Waals surface area contributed by atoms with Crippen LogP contribution in [0.1, 0.15) is 0 Å². The number of oxime groups is 1. The van der Waals surface area contributed by atoms with Crippen LogP contribution in [-0.2, 0) is 0 Å². The maximum absolute atomic E-state index is 11.7. The molecule has 0 amide bonds. The highest BCUT2D eigenvalue weighted by Crippen LogP contribution is 2.14. The molecule has 3 N–H and O–H groups in total. The molecule has 0 bridgehead atoms. The lowest BCUT2D eigenvalue weighted by molar-refractivity contribution is -0.141. The van der Waals surface area contributed by atoms with Gasteiger partial charge in [-0.25, -0.2) is 0 Å². The quantitative estimate of drug-likeness (QED) is 0.286. The standard InChI is InChI=1S/C5H10F3N3O/c1-11(2-4(9)10-12)3-5(6,7)8/h12H,2-3H2,1H3,(H2,9,10). The van der Waals surface area contributed by atoms with Gasteiger partial charge in [0.1, 0.15) is 0 Å². The van der Waals surface area contributed by atoms with Crippen LogP contribution in [0.2, 0.25) is 0 Å². The van der Waals surface area contributed by atoms with Crippen molar-refractivity contribution in [1.29, 1.82) is 0 Å². The topological polar surface area (TPSA) is 61.8 Å². The number of nitrogens with two attached hydrogens (primary N) is 1. The van der Waals surface area contributed by atoms with Crippen molar-refractivity contribution in [2.45, 2.75) is 6.18 Å². The lowest BCUT2D eigenvalue weighted by Crippen LogP contribution is -2.37. The molecule has 0 aliphatic carbocycles. The van der Waals surface area contributed by atoms with Crippen LogP contribution in [0.25, 0.3) is 0 Å². The van der Waals surface area contributed by atoms with Crippen LogP contribution in [0.3, 0.4) is 0 Å². The van der Waals surface area contributed by atoms with Crippen molar-refractivity contribution in [2.75, 3.05) is 20.1 Å². The Bertz CT molecular complexity index is 168. The van der Waals surface area contributed by atoms with Crippen LogP contribution in [-0.4, -0.2) is 42.3 Å². The monoisotopic (exact) mass is 185 g/mol. The highest BCUT2D eigenvalue weighted by atomic mass is 19.4. The second-order valence-corrected chi connectivity index (χ2v) is 2.38. The van der Waals surface area contributed by atoms with Gasteiger partial charge in [0.05, 0.1) is 13.1 Å². The Morgan fingerprint density at radius 1 is 1.58 bits per heavy atom. The molecule has 12 heavy (non-hydrogen) atoms. The molecule has 4 nitrogen and oxygen atoms in total. The van der Waals surface area contributed by atoms with E-state index in [2.05, 4.69) is 5.16 Å². The highest BCUT2D eigenvalue weighted by Gasteiger charge is 2.29. The fraction of sp³-hybridized carbons (Fsp3) is 0.800. The van der Waals surface area contributed by atoms with Crippen molar-refractivity contribution in [3.63, 3.8) is 0 Å². The van der Waals surface area contributed by atoms with Gasteiger partial charge >= 0.3 is 6.18 Å². The van der Waals surface area contributed by atoms with Crippen LogP contribution < -0.4 is 5.73 Å². The van der Waals surface area contributed by atoms with Crippen molar-refractivity contribution < 1.29 is 18.4 Å². The zero-order chi connectivity index (χ0) is 9.78. The lowest BCUT2D eigenvalue weighted by atomic mass is 10.5. The number of hydrogen-bond donors (Lipinski definition) is 2. The van der Waals surface area contributed by atoms with E-state index >= 15 is 0 Å². The number of alkyl halides is 3. The van der Waals surface area contributed by atoms with Gasteiger partial charge in [-0.3, -0.25) is 4.90 Å². The lowest BCUT2D eigenvalue weighted by Gasteiger charge is -2.16. The van der Waals surface area contributed by atoms with Crippen LogP contribution in [0, 0.1) is 0 Å². The average molecular weight is 185 g/mol. The van der Waals surface area contributed by atoms with E-state index in [4.69, 9.17) is 10.9 Å². The summed E-state index contributed by atoms with van der Waals surface area (Å²) in [6.07, 6.45) is -4.26. The van der Waals surface area contributed by atoms with Gasteiger partial charge in [-0.2, -0.15) is 13.2 Å². The Morgan fingerprint density at radius 3 is 2.42 bits per heavy atom. The van der Waals surface area contributed by atoms with Crippen molar-refractivity contribution in [2.24, 2.45) is 10.9 Å². The summed E-state index contributed by atoms with van der Waals surface area (Å²) < 4.78 is 35.0. The van der Waals surface area contributed by atoms with E-state index in [1.54, 1.807) is 0 Å². The van der Waals surface area contributed by atoms with Crippen molar-refractivity contribution in [1.82, 2.24) is 4.90 Å². The number of hydrogen-bond acceptors (Lipinski definition) is 3. The number of amidine groups is 1. The third kappa shape index (κ3) is 5.78. The van der Waals surface area contributed by atoms with E-state index in [-0.39, 0.29) is 12.4 Å². The Balaban J connectivity index is 3.82. The molecule has 0 spiro atoms. The molecule has 0 heterocycles. The van der Waals surface area contributed by atoms with E-state index in [0.29, 0.717) is 0 Å². The summed E-state index contributed by atoms with van der Waals surface area (Å²) in [6, 6.07) is 0. The SMILES string of the molecule is CN(C/C(N)=N/O)CC(F)(F)F. The fourth-order valence-electron chi connectivity index (χ4n) is 0.670. The fourth-order valence-corrected chi connectivity index (χ4v) is 0.670. The Morgan fingerprint density at radius 2 is 2.08 bits per heavy atom. The highest BCUT2D eigenvalue weighted by molar-refractivity contribution is 5.81. The summed E-state index contributed by atoms with van der Waals surface area (Å²) in [5.41, 5.74) is 4.98. The normalized spacial score (nSPS) is 13.9. The summed E-state index contributed by atoms with van der Waals surface area (Å²) in [6.45, 7) is -1.29. The first-order chi connectivity index (χ1) is 5.35. The van der Waals surface area contributed by atoms with Gasteiger partial charge < -0.3 is 10.9 Å². The molecule has 0 fully saturated rings. The molecule has 0 saturated heterocycles. The van der Waals surface area contributed by atoms with E-state index in [9.17, 15) is 13.2 Å². The molecule has 0 aromatic rings. The smallest absolute Gasteiger partial charge is 0.401 e. The van der Waals surface area contributed by atoms with Crippen LogP contribution in [0.15, 0.2) is 5.16 Å². The van der Waals surface area contributed by atoms with Crippen LogP contribution in [0.5, 0.6) is 0 Å². The second-order valence-electron chi connectivity index (χ2n) is 2.38. The van der Waals surface area contributed by atoms with Gasteiger partial charge in [0.15, 0.2) is 5.84 Å². The maximum Gasteiger partial charge on any atom is 0.401 e. The molecule has 0 radical (unpaired) electrons. The molecule has 0 aromatic carbocycles. The number of likely N-dealkylation sites (N-methyl/N-ethyl adjacent to an activating group) is 1. The van der Waals surface area contributed by atoms with E-state index < -0.39 is 12.7 Å². The largest absolute Gasteiger partial charge is 0.409 e. The minimum atomic E-state index is -4.26. The minimum absolute atomic E-state index is 0.212. The van der Waals surface area contributed by atoms with E-state index in [1.165, 1.54) is 7.05 Å². The Kier molecular flexibility index (Phi) is 3.81. The maximum atomic E-state index is 11.7. The number of halogens is 3. The molecular formula is C5H10F3N3O. The third-order valence-corrected chi connectivity index (χ3v) is 1.01. The van der Waals surface area contributed by atoms with Crippen LogP contribution >= 0.6 is 0 Å². The van der Waals surface area contributed by atoms with E-state index in [1.807, 2.05) is 0 Å². The summed E-state index contributed by atoms with van der Waals surface area (Å²) in [5.74, 6) is -0.248. The van der Waals surface area contributed by atoms with Gasteiger partial charge in [0.25, 0.3) is 0 Å². The Labute approximate surface area is 67.4 Å². The number of nitrogens with zero attached hydrogens (tertiary/aromatic N) is 2. The molecule has 7 heteroatoms. The first-order valence-electron chi connectivity index (χ1n) is 3.07. The number of rotatable bonds is 3. The Hall–Kier alpha value is -0.980. The first kappa shape index (κ1) is 11.0. The zero-order valence-electron chi connectivity index (χ0n) is 6.47. The molecule has 0 atom stereocenters. The van der Waals surface area contributed by atoms with Gasteiger partial charge in [0, 0.05) is 0 Å². The van der Waals surface area contributed by atoms with Crippen molar-refractivity contribution in [3.8, 4) is 0 Å². The van der Waals surface area contributed by atoms with Crippen LogP contribution in [0.4, 0.5) is 13.2 Å². The third-order valence-electron chi connectivity index (χ3n) is 1.01. The molecule has 72 valence electrons. The molecule has 0 aromatic heterocycles. The summed E-state index contributed by atoms with van der Waals surface area (Å²) in [5, 5.41) is 10.6. The summed E-state index contributed by atoms with van der Waals surface area (Å²) >= 11 is 0. The minimum Gasteiger partial charge on any atom is -0.409 e. The van der Waals surface area contributed by atoms with E-state index in [0.717, 1.165) is 4.90 Å². The van der Waals surface area contributed by atoms with Crippen molar-refractivity contribution >= 4 is 5.84 Å². The molecule has 0 rings (SSSR count). The van der Waals surface area contributed by atoms with Gasteiger partial charge in [-0.1, -0.05) is 5.16 Å². The first-order valence-corrected chi connectivity index (χ1v) is 3.07. The average Bonchev–Trinajstić information content (AvgIpc) is 1.82. The summed E-state index contributed by atoms with van der Waals surface area (Å²) in [7, 11) is 1.23.